The van der Waals surface area contributed by atoms with Crippen LogP contribution in [0.15, 0.2) is 95.0 Å². The average Bonchev–Trinajstić information content (AvgIpc) is 2.99. The summed E-state index contributed by atoms with van der Waals surface area (Å²) in [6, 6.07) is 19.6. The molecule has 0 spiro atoms. The zero-order valence-electron chi connectivity index (χ0n) is 21.6. The molecule has 0 saturated carbocycles. The Morgan fingerprint density at radius 1 is 0.925 bits per heavy atom. The van der Waals surface area contributed by atoms with E-state index >= 15 is 0 Å². The predicted molar refractivity (Wildman–Crippen MR) is 160 cm³/mol. The lowest BCUT2D eigenvalue weighted by molar-refractivity contribution is 0.774. The van der Waals surface area contributed by atoms with Crippen LogP contribution in [0, 0.1) is 0 Å². The topological polar surface area (TPSA) is 118 Å². The lowest BCUT2D eigenvalue weighted by atomic mass is 9.98. The molecule has 0 aliphatic carbocycles. The van der Waals surface area contributed by atoms with Gasteiger partial charge in [0.2, 0.25) is 0 Å². The number of nitrogens with zero attached hydrogens (tertiary/aromatic N) is 4. The summed E-state index contributed by atoms with van der Waals surface area (Å²) in [4.78, 5) is 43.0. The van der Waals surface area contributed by atoms with Gasteiger partial charge in [-0.05, 0) is 36.8 Å². The van der Waals surface area contributed by atoms with Gasteiger partial charge in [-0.2, -0.15) is 0 Å². The predicted octanol–water partition coefficient (Wildman–Crippen LogP) is 5.55. The number of halogens is 1. The van der Waals surface area contributed by atoms with Crippen LogP contribution in [0.1, 0.15) is 18.7 Å². The van der Waals surface area contributed by atoms with Crippen LogP contribution in [0.2, 0.25) is 5.02 Å². The number of anilines is 2. The molecule has 0 amide bonds. The number of aromatic amines is 1. The number of H-pyrrole nitrogens is 1. The summed E-state index contributed by atoms with van der Waals surface area (Å²) in [6.45, 7) is 1.88. The Labute approximate surface area is 233 Å². The van der Waals surface area contributed by atoms with Crippen molar-refractivity contribution in [3.63, 3.8) is 0 Å². The molecule has 0 fully saturated rings. The molecule has 6 rings (SSSR count). The van der Waals surface area contributed by atoms with Crippen molar-refractivity contribution >= 4 is 45.0 Å². The van der Waals surface area contributed by atoms with E-state index in [4.69, 9.17) is 11.6 Å². The van der Waals surface area contributed by atoms with Crippen LogP contribution in [0.25, 0.3) is 38.6 Å². The van der Waals surface area contributed by atoms with Crippen molar-refractivity contribution in [1.82, 2.24) is 24.5 Å². The number of fused-ring (bicyclic) bond motifs is 2. The summed E-state index contributed by atoms with van der Waals surface area (Å²) in [5.41, 5.74) is 2.66. The van der Waals surface area contributed by atoms with Crippen LogP contribution < -0.4 is 21.6 Å². The van der Waals surface area contributed by atoms with E-state index in [1.54, 1.807) is 17.8 Å². The van der Waals surface area contributed by atoms with E-state index in [0.717, 1.165) is 16.9 Å². The first kappa shape index (κ1) is 25.3. The van der Waals surface area contributed by atoms with Crippen LogP contribution in [0.5, 0.6) is 0 Å². The second-order valence-electron chi connectivity index (χ2n) is 9.24. The number of benzene rings is 2. The average molecular weight is 550 g/mol. The Morgan fingerprint density at radius 3 is 2.50 bits per heavy atom. The van der Waals surface area contributed by atoms with E-state index in [9.17, 15) is 9.59 Å². The van der Waals surface area contributed by atoms with E-state index < -0.39 is 6.04 Å². The van der Waals surface area contributed by atoms with E-state index in [2.05, 4.69) is 30.6 Å². The van der Waals surface area contributed by atoms with Crippen LogP contribution in [0.3, 0.4) is 0 Å². The number of hydrogen-bond acceptors (Lipinski definition) is 7. The minimum atomic E-state index is -0.525. The van der Waals surface area contributed by atoms with Crippen molar-refractivity contribution in [3.8, 4) is 16.8 Å². The van der Waals surface area contributed by atoms with Crippen molar-refractivity contribution in [1.29, 1.82) is 0 Å². The van der Waals surface area contributed by atoms with Gasteiger partial charge in [-0.3, -0.25) is 14.2 Å². The quantitative estimate of drug-likeness (QED) is 0.249. The van der Waals surface area contributed by atoms with Crippen LogP contribution in [-0.4, -0.2) is 31.6 Å². The van der Waals surface area contributed by atoms with Gasteiger partial charge in [0.1, 0.15) is 29.0 Å². The summed E-state index contributed by atoms with van der Waals surface area (Å²) in [7, 11) is 1.80. The Balaban J connectivity index is 1.60. The molecule has 0 saturated heterocycles. The van der Waals surface area contributed by atoms with Crippen LogP contribution in [-0.2, 0) is 0 Å². The van der Waals surface area contributed by atoms with Gasteiger partial charge in [0.25, 0.3) is 5.56 Å². The molecule has 0 bridgehead atoms. The smallest absolute Gasteiger partial charge is 0.263 e. The standard InChI is InChI=1S/C30H24ClN7O2/c1-17(37-29-25-22(39)13-14-33-28(25)35-16-36-29)27-26(31)21-10-6-9-20(18-11-12-23(32-2)34-15-18)24(21)30(40)38(27)19-7-4-3-5-8-19/h3-17H,1-2H3,(H,32,34)(H2,33,35,36,37,39)/t17-/m0/s1. The van der Waals surface area contributed by atoms with Gasteiger partial charge in [-0.25, -0.2) is 15.0 Å². The van der Waals surface area contributed by atoms with Crippen LogP contribution >= 0.6 is 11.6 Å². The third-order valence-corrected chi connectivity index (χ3v) is 7.24. The van der Waals surface area contributed by atoms with Crippen molar-refractivity contribution in [2.24, 2.45) is 0 Å². The zero-order valence-corrected chi connectivity index (χ0v) is 22.4. The monoisotopic (exact) mass is 549 g/mol. The van der Waals surface area contributed by atoms with Gasteiger partial charge >= 0.3 is 0 Å². The molecule has 6 aromatic rings. The highest BCUT2D eigenvalue weighted by atomic mass is 35.5. The van der Waals surface area contributed by atoms with E-state index in [1.165, 1.54) is 18.6 Å². The summed E-state index contributed by atoms with van der Waals surface area (Å²) in [5, 5.41) is 8.15. The van der Waals surface area contributed by atoms with Gasteiger partial charge in [-0.15, -0.1) is 0 Å². The minimum absolute atomic E-state index is 0.225. The molecule has 2 aromatic carbocycles. The molecule has 1 atom stereocenters. The van der Waals surface area contributed by atoms with Gasteiger partial charge in [0.05, 0.1) is 22.1 Å². The van der Waals surface area contributed by atoms with Crippen molar-refractivity contribution in [3.05, 3.63) is 117 Å². The maximum absolute atomic E-state index is 14.4. The maximum Gasteiger partial charge on any atom is 0.263 e. The molecule has 0 unspecified atom stereocenters. The second kappa shape index (κ2) is 10.3. The highest BCUT2D eigenvalue weighted by Crippen LogP contribution is 2.36. The van der Waals surface area contributed by atoms with Crippen LogP contribution in [0.4, 0.5) is 11.6 Å². The number of aromatic nitrogens is 5. The molecule has 4 aromatic heterocycles. The fourth-order valence-electron chi connectivity index (χ4n) is 4.97. The van der Waals surface area contributed by atoms with E-state index in [0.29, 0.717) is 44.0 Å². The largest absolute Gasteiger partial charge is 0.373 e. The number of nitrogens with one attached hydrogen (secondary N) is 3. The first-order valence-electron chi connectivity index (χ1n) is 12.6. The van der Waals surface area contributed by atoms with Gasteiger partial charge < -0.3 is 15.6 Å². The first-order chi connectivity index (χ1) is 19.5. The molecular weight excluding hydrogens is 526 g/mol. The number of para-hydroxylation sites is 1. The Morgan fingerprint density at radius 2 is 1.75 bits per heavy atom. The Hall–Kier alpha value is -5.02. The molecule has 3 N–H and O–H groups in total. The van der Waals surface area contributed by atoms with E-state index in [-0.39, 0.29) is 11.0 Å². The SMILES string of the molecule is CNc1ccc(-c2cccc3c(Cl)c([C@H](C)Nc4ncnc5[nH]ccc(=O)c45)n(-c4ccccc4)c(=O)c23)cn1. The van der Waals surface area contributed by atoms with Crippen molar-refractivity contribution in [2.45, 2.75) is 13.0 Å². The maximum atomic E-state index is 14.4. The minimum Gasteiger partial charge on any atom is -0.373 e. The molecule has 10 heteroatoms. The molecule has 0 radical (unpaired) electrons. The second-order valence-corrected chi connectivity index (χ2v) is 9.62. The number of rotatable bonds is 6. The molecule has 40 heavy (non-hydrogen) atoms. The van der Waals surface area contributed by atoms with E-state index in [1.807, 2.05) is 67.6 Å². The fraction of sp³-hybridized carbons (Fsp3) is 0.100. The lowest BCUT2D eigenvalue weighted by Crippen LogP contribution is -2.27. The fourth-order valence-corrected chi connectivity index (χ4v) is 5.38. The lowest BCUT2D eigenvalue weighted by Gasteiger charge is -2.24. The van der Waals surface area contributed by atoms with Crippen molar-refractivity contribution in [2.75, 3.05) is 17.7 Å². The zero-order chi connectivity index (χ0) is 27.8. The number of pyridine rings is 3. The summed E-state index contributed by atoms with van der Waals surface area (Å²) >= 11 is 7.16. The van der Waals surface area contributed by atoms with Gasteiger partial charge in [-0.1, -0.05) is 48.0 Å². The van der Waals surface area contributed by atoms with Gasteiger partial charge in [0.15, 0.2) is 5.43 Å². The molecule has 198 valence electrons. The van der Waals surface area contributed by atoms with Gasteiger partial charge in [0, 0.05) is 42.1 Å². The summed E-state index contributed by atoms with van der Waals surface area (Å²) in [6.07, 6.45) is 4.65. The first-order valence-corrected chi connectivity index (χ1v) is 13.0. The summed E-state index contributed by atoms with van der Waals surface area (Å²) in [5.74, 6) is 1.06. The Kier molecular flexibility index (Phi) is 6.49. The normalized spacial score (nSPS) is 12.0. The highest BCUT2D eigenvalue weighted by molar-refractivity contribution is 6.36. The highest BCUT2D eigenvalue weighted by Gasteiger charge is 2.24. The Bertz CT molecular complexity index is 1980. The third kappa shape index (κ3) is 4.26. The third-order valence-electron chi connectivity index (χ3n) is 6.84. The molecular formula is C30H24ClN7O2. The molecule has 9 nitrogen and oxygen atoms in total. The molecule has 0 aliphatic rings. The van der Waals surface area contributed by atoms with Crippen molar-refractivity contribution < 1.29 is 0 Å². The molecule has 0 aliphatic heterocycles. The molecule has 4 heterocycles. The number of hydrogen-bond donors (Lipinski definition) is 3. The summed E-state index contributed by atoms with van der Waals surface area (Å²) < 4.78 is 1.62.